The van der Waals surface area contributed by atoms with E-state index in [-0.39, 0.29) is 5.82 Å². The van der Waals surface area contributed by atoms with Crippen molar-refractivity contribution in [3.05, 3.63) is 76.6 Å². The molecule has 120 valence electrons. The molecule has 1 unspecified atom stereocenters. The van der Waals surface area contributed by atoms with E-state index >= 15 is 0 Å². The van der Waals surface area contributed by atoms with E-state index < -0.39 is 0 Å². The predicted octanol–water partition coefficient (Wildman–Crippen LogP) is 6.08. The van der Waals surface area contributed by atoms with Crippen molar-refractivity contribution in [2.24, 2.45) is 0 Å². The lowest BCUT2D eigenvalue weighted by atomic mass is 9.79. The fraction of sp³-hybridized carbons (Fsp3) is 0.364. The minimum Gasteiger partial charge on any atom is -0.207 e. The van der Waals surface area contributed by atoms with Crippen LogP contribution in [0.3, 0.4) is 0 Å². The zero-order valence-electron chi connectivity index (χ0n) is 13.9. The van der Waals surface area contributed by atoms with Gasteiger partial charge in [-0.15, -0.1) is 0 Å². The summed E-state index contributed by atoms with van der Waals surface area (Å²) in [7, 11) is 0. The Morgan fingerprint density at radius 1 is 1.17 bits per heavy atom. The van der Waals surface area contributed by atoms with E-state index in [4.69, 9.17) is 0 Å². The van der Waals surface area contributed by atoms with Crippen molar-refractivity contribution in [2.45, 2.75) is 51.4 Å². The maximum absolute atomic E-state index is 14.4. The molecule has 0 aromatic heterocycles. The Hall–Kier alpha value is -1.89. The van der Waals surface area contributed by atoms with E-state index in [0.717, 1.165) is 30.4 Å². The van der Waals surface area contributed by atoms with Gasteiger partial charge in [0, 0.05) is 0 Å². The SMILES string of the molecule is C=Cc1ccc(C2CCc3cc(CCCC)ccc3C2)c(F)c1. The third kappa shape index (κ3) is 3.55. The van der Waals surface area contributed by atoms with Crippen molar-refractivity contribution in [3.8, 4) is 0 Å². The molecule has 0 amide bonds. The number of rotatable bonds is 5. The van der Waals surface area contributed by atoms with Crippen LogP contribution < -0.4 is 0 Å². The number of halogens is 1. The van der Waals surface area contributed by atoms with Crippen LogP contribution in [-0.2, 0) is 19.3 Å². The Kier molecular flexibility index (Phi) is 4.95. The van der Waals surface area contributed by atoms with E-state index in [2.05, 4.69) is 31.7 Å². The summed E-state index contributed by atoms with van der Waals surface area (Å²) in [5.74, 6) is 0.207. The second-order valence-electron chi connectivity index (χ2n) is 6.63. The molecule has 1 heteroatoms. The number of benzene rings is 2. The number of aryl methyl sites for hydroxylation is 2. The minimum atomic E-state index is -0.0876. The van der Waals surface area contributed by atoms with Gasteiger partial charge in [0.25, 0.3) is 0 Å². The topological polar surface area (TPSA) is 0 Å². The van der Waals surface area contributed by atoms with Crippen LogP contribution in [0, 0.1) is 5.82 Å². The normalized spacial score (nSPS) is 16.9. The summed E-state index contributed by atoms with van der Waals surface area (Å²) < 4.78 is 14.4. The standard InChI is InChI=1S/C22H25F/c1-3-5-6-17-7-9-19-15-20(11-10-18(19)13-17)21-12-8-16(4-2)14-22(21)23/h4,7-9,12-14,20H,2-3,5-6,10-11,15H2,1H3. The molecule has 0 nitrogen and oxygen atoms in total. The Morgan fingerprint density at radius 2 is 2.04 bits per heavy atom. The van der Waals surface area contributed by atoms with Gasteiger partial charge in [-0.25, -0.2) is 4.39 Å². The summed E-state index contributed by atoms with van der Waals surface area (Å²) in [4.78, 5) is 0. The molecule has 0 aliphatic heterocycles. The van der Waals surface area contributed by atoms with Gasteiger partial charge in [0.2, 0.25) is 0 Å². The fourth-order valence-corrected chi connectivity index (χ4v) is 3.61. The molecule has 0 saturated heterocycles. The highest BCUT2D eigenvalue weighted by Gasteiger charge is 2.22. The monoisotopic (exact) mass is 308 g/mol. The Bertz CT molecular complexity index is 699. The molecular weight excluding hydrogens is 283 g/mol. The molecule has 23 heavy (non-hydrogen) atoms. The molecule has 0 bridgehead atoms. The van der Waals surface area contributed by atoms with Crippen molar-refractivity contribution in [1.29, 1.82) is 0 Å². The molecule has 1 aliphatic carbocycles. The van der Waals surface area contributed by atoms with Gasteiger partial charge in [0.1, 0.15) is 5.82 Å². The molecule has 0 radical (unpaired) electrons. The van der Waals surface area contributed by atoms with Gasteiger partial charge in [-0.1, -0.05) is 56.3 Å². The van der Waals surface area contributed by atoms with Gasteiger partial charge in [-0.05, 0) is 71.9 Å². The molecule has 0 N–H and O–H groups in total. The van der Waals surface area contributed by atoms with Gasteiger partial charge in [0.15, 0.2) is 0 Å². The van der Waals surface area contributed by atoms with Gasteiger partial charge >= 0.3 is 0 Å². The molecule has 0 heterocycles. The lowest BCUT2D eigenvalue weighted by molar-refractivity contribution is 0.533. The lowest BCUT2D eigenvalue weighted by Gasteiger charge is -2.26. The molecule has 2 aromatic rings. The van der Waals surface area contributed by atoms with Gasteiger partial charge in [0.05, 0.1) is 0 Å². The Labute approximate surface area is 139 Å². The van der Waals surface area contributed by atoms with Crippen molar-refractivity contribution in [2.75, 3.05) is 0 Å². The van der Waals surface area contributed by atoms with Gasteiger partial charge < -0.3 is 0 Å². The first-order valence-electron chi connectivity index (χ1n) is 8.73. The van der Waals surface area contributed by atoms with Crippen LogP contribution >= 0.6 is 0 Å². The minimum absolute atomic E-state index is 0.0876. The molecular formula is C22H25F. The second-order valence-corrected chi connectivity index (χ2v) is 6.63. The van der Waals surface area contributed by atoms with Crippen LogP contribution in [0.2, 0.25) is 0 Å². The van der Waals surface area contributed by atoms with Crippen molar-refractivity contribution in [3.63, 3.8) is 0 Å². The van der Waals surface area contributed by atoms with Crippen LogP contribution in [0.15, 0.2) is 43.0 Å². The Morgan fingerprint density at radius 3 is 2.78 bits per heavy atom. The maximum atomic E-state index is 14.4. The van der Waals surface area contributed by atoms with Crippen LogP contribution in [0.5, 0.6) is 0 Å². The molecule has 1 aliphatic rings. The molecule has 0 saturated carbocycles. The van der Waals surface area contributed by atoms with E-state index in [1.807, 2.05) is 12.1 Å². The third-order valence-corrected chi connectivity index (χ3v) is 5.02. The lowest BCUT2D eigenvalue weighted by Crippen LogP contribution is -2.14. The quantitative estimate of drug-likeness (QED) is 0.627. The number of unbranched alkanes of at least 4 members (excludes halogenated alkanes) is 1. The number of hydrogen-bond donors (Lipinski definition) is 0. The van der Waals surface area contributed by atoms with Crippen molar-refractivity contribution >= 4 is 6.08 Å². The highest BCUT2D eigenvalue weighted by atomic mass is 19.1. The van der Waals surface area contributed by atoms with Gasteiger partial charge in [-0.2, -0.15) is 0 Å². The van der Waals surface area contributed by atoms with Gasteiger partial charge in [-0.3, -0.25) is 0 Å². The van der Waals surface area contributed by atoms with Crippen molar-refractivity contribution in [1.82, 2.24) is 0 Å². The first kappa shape index (κ1) is 16.0. The van der Waals surface area contributed by atoms with E-state index in [1.165, 1.54) is 36.0 Å². The number of hydrogen-bond acceptors (Lipinski definition) is 0. The predicted molar refractivity (Wildman–Crippen MR) is 96.3 cm³/mol. The van der Waals surface area contributed by atoms with Crippen LogP contribution in [0.4, 0.5) is 4.39 Å². The van der Waals surface area contributed by atoms with E-state index in [0.29, 0.717) is 5.92 Å². The largest absolute Gasteiger partial charge is 0.207 e. The highest BCUT2D eigenvalue weighted by molar-refractivity contribution is 5.48. The van der Waals surface area contributed by atoms with Crippen molar-refractivity contribution < 1.29 is 4.39 Å². The smallest absolute Gasteiger partial charge is 0.127 e. The molecule has 3 rings (SSSR count). The molecule has 0 spiro atoms. The third-order valence-electron chi connectivity index (χ3n) is 5.02. The van der Waals surface area contributed by atoms with E-state index in [1.54, 1.807) is 12.1 Å². The average Bonchev–Trinajstić information content (AvgIpc) is 2.59. The number of fused-ring (bicyclic) bond motifs is 1. The first-order chi connectivity index (χ1) is 11.2. The molecule has 1 atom stereocenters. The maximum Gasteiger partial charge on any atom is 0.127 e. The van der Waals surface area contributed by atoms with E-state index in [9.17, 15) is 4.39 Å². The second kappa shape index (κ2) is 7.12. The summed E-state index contributed by atoms with van der Waals surface area (Å²) in [6.45, 7) is 5.94. The Balaban J connectivity index is 1.79. The summed E-state index contributed by atoms with van der Waals surface area (Å²) in [5.41, 5.74) is 6.02. The van der Waals surface area contributed by atoms with Crippen LogP contribution in [0.25, 0.3) is 6.08 Å². The first-order valence-corrected chi connectivity index (χ1v) is 8.73. The zero-order chi connectivity index (χ0) is 16.2. The average molecular weight is 308 g/mol. The molecule has 0 fully saturated rings. The fourth-order valence-electron chi connectivity index (χ4n) is 3.61. The summed E-state index contributed by atoms with van der Waals surface area (Å²) >= 11 is 0. The highest BCUT2D eigenvalue weighted by Crippen LogP contribution is 2.34. The van der Waals surface area contributed by atoms with Crippen LogP contribution in [-0.4, -0.2) is 0 Å². The molecule has 2 aromatic carbocycles. The summed E-state index contributed by atoms with van der Waals surface area (Å²) in [6.07, 6.45) is 8.40. The summed E-state index contributed by atoms with van der Waals surface area (Å²) in [5, 5.41) is 0. The van der Waals surface area contributed by atoms with Crippen LogP contribution in [0.1, 0.15) is 59.9 Å². The zero-order valence-corrected chi connectivity index (χ0v) is 13.9. The summed E-state index contributed by atoms with van der Waals surface area (Å²) in [6, 6.07) is 12.4.